The van der Waals surface area contributed by atoms with Crippen molar-refractivity contribution >= 4 is 22.6 Å². The van der Waals surface area contributed by atoms with Gasteiger partial charge in [-0.1, -0.05) is 61.0 Å². The van der Waals surface area contributed by atoms with Gasteiger partial charge in [-0.2, -0.15) is 0 Å². The van der Waals surface area contributed by atoms with Gasteiger partial charge in [0.25, 0.3) is 0 Å². The molecular weight excluding hydrogens is 380 g/mol. The van der Waals surface area contributed by atoms with Crippen molar-refractivity contribution in [1.29, 1.82) is 0 Å². The van der Waals surface area contributed by atoms with Crippen molar-refractivity contribution < 1.29 is 0 Å². The van der Waals surface area contributed by atoms with Gasteiger partial charge in [0, 0.05) is 18.7 Å². The van der Waals surface area contributed by atoms with E-state index in [4.69, 9.17) is 11.6 Å². The molecule has 0 unspecified atom stereocenters. The molecule has 1 saturated carbocycles. The molecule has 0 radical (unpaired) electrons. The van der Waals surface area contributed by atoms with Crippen LogP contribution in [-0.2, 0) is 13.1 Å². The Morgan fingerprint density at radius 2 is 1.76 bits per heavy atom. The van der Waals surface area contributed by atoms with Crippen molar-refractivity contribution in [2.75, 3.05) is 13.1 Å². The summed E-state index contributed by atoms with van der Waals surface area (Å²) in [6.07, 6.45) is 5.16. The second-order valence-corrected chi connectivity index (χ2v) is 10.0. The van der Waals surface area contributed by atoms with Crippen molar-refractivity contribution in [2.24, 2.45) is 11.3 Å². The van der Waals surface area contributed by atoms with Gasteiger partial charge in [-0.05, 0) is 67.3 Å². The lowest BCUT2D eigenvalue weighted by molar-refractivity contribution is 0.127. The minimum Gasteiger partial charge on any atom is -0.299 e. The monoisotopic (exact) mass is 408 g/mol. The molecule has 5 rings (SSSR count). The van der Waals surface area contributed by atoms with Gasteiger partial charge in [-0.3, -0.25) is 4.90 Å². The Morgan fingerprint density at radius 1 is 1.03 bits per heavy atom. The molecule has 3 aromatic rings. The maximum absolute atomic E-state index is 6.74. The molecule has 4 nitrogen and oxygen atoms in total. The fourth-order valence-electron chi connectivity index (χ4n) is 4.27. The van der Waals surface area contributed by atoms with E-state index in [2.05, 4.69) is 65.5 Å². The number of hydrogen-bond donors (Lipinski definition) is 0. The van der Waals surface area contributed by atoms with Crippen LogP contribution < -0.4 is 0 Å². The largest absolute Gasteiger partial charge is 0.299 e. The van der Waals surface area contributed by atoms with Gasteiger partial charge in [0.1, 0.15) is 5.52 Å². The minimum atomic E-state index is 0.496. The number of benzene rings is 2. The Labute approximate surface area is 177 Å². The molecule has 2 aromatic carbocycles. The summed E-state index contributed by atoms with van der Waals surface area (Å²) in [7, 11) is 0. The molecule has 1 aromatic heterocycles. The smallest absolute Gasteiger partial charge is 0.132 e. The fourth-order valence-corrected chi connectivity index (χ4v) is 4.58. The number of fused-ring (bicyclic) bond motifs is 1. The van der Waals surface area contributed by atoms with Gasteiger partial charge in [-0.15, -0.1) is 5.10 Å². The standard InChI is InChI=1S/C24H29ClN4/c1-24(2)11-13-28(14-12-24)15-17-5-7-19(8-6-17)20-9-10-21-23(22(20)25)26-27-29(21)16-18-3-4-18/h5-10,18H,3-4,11-16H2,1-2H3. The first kappa shape index (κ1) is 19.1. The second-order valence-electron chi connectivity index (χ2n) is 9.65. The van der Waals surface area contributed by atoms with E-state index >= 15 is 0 Å². The topological polar surface area (TPSA) is 34.0 Å². The molecule has 0 amide bonds. The number of rotatable bonds is 5. The number of likely N-dealkylation sites (tertiary alicyclic amines) is 1. The maximum atomic E-state index is 6.74. The van der Waals surface area contributed by atoms with E-state index < -0.39 is 0 Å². The average Bonchev–Trinajstić information content (AvgIpc) is 3.43. The summed E-state index contributed by atoms with van der Waals surface area (Å²) in [5.74, 6) is 0.761. The quantitative estimate of drug-likeness (QED) is 0.536. The number of nitrogens with zero attached hydrogens (tertiary/aromatic N) is 4. The zero-order valence-electron chi connectivity index (χ0n) is 17.4. The van der Waals surface area contributed by atoms with Crippen molar-refractivity contribution in [3.05, 3.63) is 47.0 Å². The second kappa shape index (κ2) is 7.41. The third kappa shape index (κ3) is 4.06. The van der Waals surface area contributed by atoms with E-state index in [9.17, 15) is 0 Å². The van der Waals surface area contributed by atoms with E-state index in [1.807, 2.05) is 4.68 Å². The SMILES string of the molecule is CC1(C)CCN(Cc2ccc(-c3ccc4c(nnn4CC4CC4)c3Cl)cc2)CC1. The zero-order valence-corrected chi connectivity index (χ0v) is 18.1. The maximum Gasteiger partial charge on any atom is 0.132 e. The summed E-state index contributed by atoms with van der Waals surface area (Å²) < 4.78 is 2.01. The summed E-state index contributed by atoms with van der Waals surface area (Å²) in [6.45, 7) is 9.11. The lowest BCUT2D eigenvalue weighted by Crippen LogP contribution is -2.36. The van der Waals surface area contributed by atoms with Gasteiger partial charge < -0.3 is 0 Å². The third-order valence-electron chi connectivity index (χ3n) is 6.63. The van der Waals surface area contributed by atoms with Crippen LogP contribution in [0.5, 0.6) is 0 Å². The molecule has 2 heterocycles. The van der Waals surface area contributed by atoms with Crippen molar-refractivity contribution in [3.63, 3.8) is 0 Å². The molecule has 1 saturated heterocycles. The van der Waals surface area contributed by atoms with Crippen molar-refractivity contribution in [2.45, 2.75) is 52.6 Å². The van der Waals surface area contributed by atoms with Crippen LogP contribution in [0.15, 0.2) is 36.4 Å². The Bertz CT molecular complexity index is 1010. The van der Waals surface area contributed by atoms with Crippen molar-refractivity contribution in [1.82, 2.24) is 19.9 Å². The molecule has 1 aliphatic heterocycles. The summed E-state index contributed by atoms with van der Waals surface area (Å²) >= 11 is 6.74. The predicted molar refractivity (Wildman–Crippen MR) is 119 cm³/mol. The van der Waals surface area contributed by atoms with Crippen LogP contribution in [0, 0.1) is 11.3 Å². The highest BCUT2D eigenvalue weighted by molar-refractivity contribution is 6.37. The molecule has 0 bridgehead atoms. The molecule has 0 N–H and O–H groups in total. The highest BCUT2D eigenvalue weighted by atomic mass is 35.5. The van der Waals surface area contributed by atoms with E-state index in [0.717, 1.165) is 41.2 Å². The third-order valence-corrected chi connectivity index (χ3v) is 7.02. The fraction of sp³-hybridized carbons (Fsp3) is 0.500. The zero-order chi connectivity index (χ0) is 20.0. The van der Waals surface area contributed by atoms with Crippen LogP contribution in [-0.4, -0.2) is 33.0 Å². The minimum absolute atomic E-state index is 0.496. The van der Waals surface area contributed by atoms with Crippen LogP contribution in [0.1, 0.15) is 45.1 Å². The van der Waals surface area contributed by atoms with Crippen molar-refractivity contribution in [3.8, 4) is 11.1 Å². The molecule has 152 valence electrons. The number of hydrogen-bond acceptors (Lipinski definition) is 3. The molecule has 5 heteroatoms. The van der Waals surface area contributed by atoms with Gasteiger partial charge in [0.15, 0.2) is 0 Å². The Hall–Kier alpha value is -1.91. The van der Waals surface area contributed by atoms with Crippen LogP contribution in [0.3, 0.4) is 0 Å². The van der Waals surface area contributed by atoms with Gasteiger partial charge in [-0.25, -0.2) is 4.68 Å². The van der Waals surface area contributed by atoms with Crippen LogP contribution in [0.25, 0.3) is 22.2 Å². The molecule has 2 fully saturated rings. The Kier molecular flexibility index (Phi) is 4.87. The number of halogens is 1. The summed E-state index contributed by atoms with van der Waals surface area (Å²) in [5, 5.41) is 9.41. The van der Waals surface area contributed by atoms with Crippen LogP contribution in [0.4, 0.5) is 0 Å². The summed E-state index contributed by atoms with van der Waals surface area (Å²) in [5.41, 5.74) is 5.87. The molecule has 0 spiro atoms. The van der Waals surface area contributed by atoms with Crippen LogP contribution in [0.2, 0.25) is 5.02 Å². The van der Waals surface area contributed by atoms with E-state index in [0.29, 0.717) is 10.4 Å². The average molecular weight is 409 g/mol. The molecule has 2 aliphatic rings. The first-order valence-electron chi connectivity index (χ1n) is 10.8. The number of aromatic nitrogens is 3. The first-order chi connectivity index (χ1) is 14.0. The van der Waals surface area contributed by atoms with Gasteiger partial charge >= 0.3 is 0 Å². The number of piperidine rings is 1. The normalized spacial score (nSPS) is 19.7. The highest BCUT2D eigenvalue weighted by Crippen LogP contribution is 2.36. The van der Waals surface area contributed by atoms with E-state index in [1.54, 1.807) is 0 Å². The first-order valence-corrected chi connectivity index (χ1v) is 11.2. The Morgan fingerprint density at radius 3 is 2.45 bits per heavy atom. The van der Waals surface area contributed by atoms with E-state index in [-0.39, 0.29) is 0 Å². The predicted octanol–water partition coefficient (Wildman–Crippen LogP) is 5.78. The molecule has 29 heavy (non-hydrogen) atoms. The van der Waals surface area contributed by atoms with Gasteiger partial charge in [0.2, 0.25) is 0 Å². The molecular formula is C24H29ClN4. The van der Waals surface area contributed by atoms with E-state index in [1.165, 1.54) is 44.3 Å². The lowest BCUT2D eigenvalue weighted by atomic mass is 9.82. The molecule has 0 atom stereocenters. The highest BCUT2D eigenvalue weighted by Gasteiger charge is 2.25. The Balaban J connectivity index is 1.33. The van der Waals surface area contributed by atoms with Gasteiger partial charge in [0.05, 0.1) is 10.5 Å². The summed E-state index contributed by atoms with van der Waals surface area (Å²) in [4.78, 5) is 2.57. The lowest BCUT2D eigenvalue weighted by Gasteiger charge is -2.36. The van der Waals surface area contributed by atoms with Crippen LogP contribution >= 0.6 is 11.6 Å². The molecule has 1 aliphatic carbocycles. The summed E-state index contributed by atoms with van der Waals surface area (Å²) in [6, 6.07) is 13.1.